The molecule has 0 radical (unpaired) electrons. The lowest BCUT2D eigenvalue weighted by molar-refractivity contribution is -0.140. The molecule has 0 aliphatic heterocycles. The number of ether oxygens (including phenoxy) is 1. The number of carbonyl (C=O) groups is 1. The Morgan fingerprint density at radius 2 is 1.24 bits per heavy atom. The number of aromatic nitrogens is 1. The van der Waals surface area contributed by atoms with Crippen molar-refractivity contribution in [3.05, 3.63) is 234 Å². The summed E-state index contributed by atoms with van der Waals surface area (Å²) in [6.45, 7) is 6.60. The highest BCUT2D eigenvalue weighted by Crippen LogP contribution is 2.39. The van der Waals surface area contributed by atoms with Crippen LogP contribution in [-0.2, 0) is 22.6 Å². The lowest BCUT2D eigenvalue weighted by Crippen LogP contribution is -2.14. The molecular weight excluding hydrogens is 807 g/mol. The number of benzene rings is 7. The van der Waals surface area contributed by atoms with Crippen molar-refractivity contribution >= 4 is 51.2 Å². The van der Waals surface area contributed by atoms with Gasteiger partial charge in [-0.3, -0.25) is 0 Å². The van der Waals surface area contributed by atoms with Crippen LogP contribution in [0.2, 0.25) is 0 Å². The van der Waals surface area contributed by atoms with Crippen molar-refractivity contribution < 1.29 is 9.53 Å². The predicted molar refractivity (Wildman–Crippen MR) is 277 cm³/mol. The fourth-order valence-electron chi connectivity index (χ4n) is 8.81. The third-order valence-electron chi connectivity index (χ3n) is 12.5. The molecule has 8 aromatic rings. The zero-order valence-electron chi connectivity index (χ0n) is 38.0. The second-order valence-electron chi connectivity index (χ2n) is 17.0. The molecule has 1 aromatic heterocycles. The maximum Gasteiger partial charge on any atom is 0.354 e. The molecule has 5 heteroatoms. The summed E-state index contributed by atoms with van der Waals surface area (Å²) < 4.78 is 7.84. The Bertz CT molecular complexity index is 3100. The summed E-state index contributed by atoms with van der Waals surface area (Å²) in [7, 11) is 0. The average molecular weight is 862 g/mol. The summed E-state index contributed by atoms with van der Waals surface area (Å²) in [5.41, 5.74) is 24.6. The van der Waals surface area contributed by atoms with Crippen LogP contribution in [0.15, 0.2) is 206 Å². The third kappa shape index (κ3) is 9.47. The molecule has 326 valence electrons. The maximum absolute atomic E-state index is 12.5. The van der Waals surface area contributed by atoms with Crippen molar-refractivity contribution in [3.63, 3.8) is 0 Å². The van der Waals surface area contributed by atoms with Gasteiger partial charge in [0.1, 0.15) is 12.3 Å². The van der Waals surface area contributed by atoms with E-state index in [2.05, 4.69) is 187 Å². The zero-order valence-corrected chi connectivity index (χ0v) is 38.0. The molecule has 0 saturated carbocycles. The van der Waals surface area contributed by atoms with E-state index in [0.717, 1.165) is 70.6 Å². The first-order chi connectivity index (χ1) is 32.3. The summed E-state index contributed by atoms with van der Waals surface area (Å²) in [6, 6.07) is 62.4. The Morgan fingerprint density at radius 1 is 0.652 bits per heavy atom. The summed E-state index contributed by atoms with van der Waals surface area (Å²) in [5.74, 6) is -0.539. The van der Waals surface area contributed by atoms with Gasteiger partial charge in [-0.2, -0.15) is 0 Å². The summed E-state index contributed by atoms with van der Waals surface area (Å²) in [6.07, 6.45) is 14.7. The van der Waals surface area contributed by atoms with Gasteiger partial charge in [0.25, 0.3) is 0 Å². The quantitative estimate of drug-likeness (QED) is 0.0672. The highest BCUT2D eigenvalue weighted by Gasteiger charge is 2.19. The number of nitrogens with two attached hydrogens (primary N) is 1. The lowest BCUT2D eigenvalue weighted by Gasteiger charge is -2.26. The van der Waals surface area contributed by atoms with Gasteiger partial charge in [-0.15, -0.1) is 0 Å². The fourth-order valence-corrected chi connectivity index (χ4v) is 8.81. The van der Waals surface area contributed by atoms with Gasteiger partial charge in [0.2, 0.25) is 0 Å². The van der Waals surface area contributed by atoms with Gasteiger partial charge in [-0.25, -0.2) is 4.79 Å². The predicted octanol–water partition coefficient (Wildman–Crippen LogP) is 15.6. The zero-order chi connectivity index (χ0) is 45.4. The fraction of sp³-hybridized carbons (Fsp3) is 0.131. The van der Waals surface area contributed by atoms with Crippen molar-refractivity contribution in [2.75, 3.05) is 4.90 Å². The van der Waals surface area contributed by atoms with Crippen LogP contribution >= 0.6 is 0 Å². The minimum atomic E-state index is -0.539. The smallest absolute Gasteiger partial charge is 0.354 e. The minimum Gasteiger partial charge on any atom is -0.456 e. The van der Waals surface area contributed by atoms with Crippen molar-refractivity contribution in [3.8, 4) is 27.9 Å². The van der Waals surface area contributed by atoms with Gasteiger partial charge < -0.3 is 19.9 Å². The molecule has 66 heavy (non-hydrogen) atoms. The van der Waals surface area contributed by atoms with Crippen molar-refractivity contribution in [2.45, 2.75) is 53.1 Å². The van der Waals surface area contributed by atoms with E-state index >= 15 is 0 Å². The van der Waals surface area contributed by atoms with Crippen LogP contribution in [0.5, 0.6) is 0 Å². The van der Waals surface area contributed by atoms with Gasteiger partial charge in [0.15, 0.2) is 0 Å². The van der Waals surface area contributed by atoms with E-state index in [1.807, 2.05) is 43.3 Å². The molecule has 0 fully saturated rings. The maximum atomic E-state index is 12.5. The lowest BCUT2D eigenvalue weighted by atomic mass is 10.00. The Kier molecular flexibility index (Phi) is 13.1. The number of rotatable bonds is 14. The summed E-state index contributed by atoms with van der Waals surface area (Å²) >= 11 is 0. The highest BCUT2D eigenvalue weighted by molar-refractivity contribution is 5.93. The van der Waals surface area contributed by atoms with Crippen molar-refractivity contribution in [2.24, 2.45) is 5.73 Å². The number of nitrogens with zero attached hydrogens (tertiary/aromatic N) is 2. The van der Waals surface area contributed by atoms with E-state index in [4.69, 9.17) is 10.5 Å². The molecular formula is C61H55N3O2. The van der Waals surface area contributed by atoms with Crippen LogP contribution in [0.25, 0.3) is 56.1 Å². The standard InChI is InChI=1S/C61H55N3O2/c1-4-5-14-43(2)47-28-34-52(35-29-47)63(54-38-32-50(33-39-54)51-17-13-18-55(41-51)64-59-21-11-9-19-56(59)57-20-10-12-22-60(57)64)53-36-30-49(31-37-53)48-26-24-46(25-27-48)44(3)23-40-58(62)61(65)66-42-45-15-7-6-8-16-45/h6-11,13-21,23-41H,4-5,12,22,42,62H2,1-3H3/b43-14+,44-23+,58-40+. The van der Waals surface area contributed by atoms with E-state index in [1.165, 1.54) is 50.1 Å². The molecule has 0 bridgehead atoms. The van der Waals surface area contributed by atoms with E-state index in [-0.39, 0.29) is 12.3 Å². The first-order valence-electron chi connectivity index (χ1n) is 23.0. The average Bonchev–Trinajstić information content (AvgIpc) is 3.72. The second-order valence-corrected chi connectivity index (χ2v) is 17.0. The SMILES string of the molecule is CCC/C=C(\C)c1ccc(N(c2ccc(-c3ccc(/C(C)=C/C=C(/N)C(=O)OCc4ccccc4)cc3)cc2)c2ccc(-c3cccc(-n4c5c(c6ccccc64)C=CCC5)c3)cc2)cc1. The van der Waals surface area contributed by atoms with Crippen LogP contribution < -0.4 is 10.6 Å². The number of hydrogen-bond donors (Lipinski definition) is 1. The first kappa shape index (κ1) is 43.4. The van der Waals surface area contributed by atoms with E-state index in [9.17, 15) is 4.79 Å². The van der Waals surface area contributed by atoms with E-state index < -0.39 is 5.97 Å². The van der Waals surface area contributed by atoms with Gasteiger partial charge >= 0.3 is 5.97 Å². The molecule has 1 aliphatic rings. The first-order valence-corrected chi connectivity index (χ1v) is 23.0. The Balaban J connectivity index is 0.965. The van der Waals surface area contributed by atoms with Gasteiger partial charge in [0, 0.05) is 39.4 Å². The summed E-state index contributed by atoms with van der Waals surface area (Å²) in [4.78, 5) is 14.8. The molecule has 0 amide bonds. The molecule has 0 unspecified atom stereocenters. The number of fused-ring (bicyclic) bond motifs is 3. The van der Waals surface area contributed by atoms with Gasteiger partial charge in [-0.05, 0) is 144 Å². The van der Waals surface area contributed by atoms with Crippen LogP contribution in [0, 0.1) is 0 Å². The van der Waals surface area contributed by atoms with E-state index in [0.29, 0.717) is 0 Å². The molecule has 5 nitrogen and oxygen atoms in total. The summed E-state index contributed by atoms with van der Waals surface area (Å²) in [5, 5.41) is 1.31. The van der Waals surface area contributed by atoms with Gasteiger partial charge in [-0.1, -0.05) is 159 Å². The minimum absolute atomic E-state index is 0.0602. The molecule has 1 aliphatic carbocycles. The molecule has 0 atom stereocenters. The number of para-hydroxylation sites is 1. The number of hydrogen-bond acceptors (Lipinski definition) is 4. The molecule has 0 saturated heterocycles. The molecule has 1 heterocycles. The number of carbonyl (C=O) groups excluding carboxylic acids is 1. The number of esters is 1. The largest absolute Gasteiger partial charge is 0.456 e. The number of allylic oxidation sites excluding steroid dienone is 6. The van der Waals surface area contributed by atoms with Crippen molar-refractivity contribution in [1.82, 2.24) is 4.57 Å². The molecule has 0 spiro atoms. The second kappa shape index (κ2) is 19.9. The van der Waals surface area contributed by atoms with Crippen molar-refractivity contribution in [1.29, 1.82) is 0 Å². The van der Waals surface area contributed by atoms with Crippen LogP contribution in [-0.4, -0.2) is 10.5 Å². The monoisotopic (exact) mass is 861 g/mol. The third-order valence-corrected chi connectivity index (χ3v) is 12.5. The highest BCUT2D eigenvalue weighted by atomic mass is 16.5. The van der Waals surface area contributed by atoms with Crippen LogP contribution in [0.4, 0.5) is 17.1 Å². The normalized spacial score (nSPS) is 12.9. The number of anilines is 3. The molecule has 7 aromatic carbocycles. The Morgan fingerprint density at radius 3 is 1.92 bits per heavy atom. The van der Waals surface area contributed by atoms with E-state index in [1.54, 1.807) is 6.08 Å². The Hall–Kier alpha value is -7.89. The van der Waals surface area contributed by atoms with Gasteiger partial charge in [0.05, 0.1) is 5.52 Å². The molecule has 2 N–H and O–H groups in total. The Labute approximate surface area is 389 Å². The molecule has 9 rings (SSSR count). The topological polar surface area (TPSA) is 60.5 Å². The van der Waals surface area contributed by atoms with Crippen LogP contribution in [0.3, 0.4) is 0 Å². The number of unbranched alkanes of at least 4 members (excludes halogenated alkanes) is 1. The van der Waals surface area contributed by atoms with Crippen LogP contribution in [0.1, 0.15) is 68.0 Å².